The number of fused-ring (bicyclic) bond motifs is 3. The van der Waals surface area contributed by atoms with Gasteiger partial charge in [0.15, 0.2) is 11.3 Å². The minimum absolute atomic E-state index is 0.290. The van der Waals surface area contributed by atoms with Crippen LogP contribution >= 0.6 is 11.3 Å². The highest BCUT2D eigenvalue weighted by molar-refractivity contribution is 7.13. The van der Waals surface area contributed by atoms with Crippen LogP contribution in [0.1, 0.15) is 12.6 Å². The molecule has 3 aromatic heterocycles. The summed E-state index contributed by atoms with van der Waals surface area (Å²) in [6.45, 7) is 2.66. The number of thiazole rings is 1. The first kappa shape index (κ1) is 19.7. The number of benzene rings is 2. The van der Waals surface area contributed by atoms with E-state index in [4.69, 9.17) is 23.9 Å². The lowest BCUT2D eigenvalue weighted by Crippen LogP contribution is -1.98. The van der Waals surface area contributed by atoms with Crippen molar-refractivity contribution in [3.05, 3.63) is 65.7 Å². The quantitative estimate of drug-likeness (QED) is 0.172. The second-order valence-corrected chi connectivity index (χ2v) is 7.70. The summed E-state index contributed by atoms with van der Waals surface area (Å²) >= 11 is 1.58. The number of rotatable bonds is 7. The number of furan rings is 1. The molecule has 0 aliphatic carbocycles. The second kappa shape index (κ2) is 8.47. The third-order valence-electron chi connectivity index (χ3n) is 4.92. The molecule has 0 saturated carbocycles. The molecule has 5 rings (SSSR count). The maximum atomic E-state index is 6.10. The van der Waals surface area contributed by atoms with Crippen molar-refractivity contribution in [1.82, 2.24) is 9.97 Å². The molecule has 0 saturated heterocycles. The monoisotopic (exact) mass is 432 g/mol. The molecule has 0 bridgehead atoms. The average molecular weight is 433 g/mol. The van der Waals surface area contributed by atoms with Gasteiger partial charge in [0.2, 0.25) is 0 Å². The van der Waals surface area contributed by atoms with Crippen molar-refractivity contribution < 1.29 is 18.9 Å². The van der Waals surface area contributed by atoms with Crippen LogP contribution in [0.2, 0.25) is 0 Å². The molecule has 0 radical (unpaired) electrons. The lowest BCUT2D eigenvalue weighted by atomic mass is 10.1. The summed E-state index contributed by atoms with van der Waals surface area (Å²) in [5, 5.41) is 4.95. The molecule has 2 aromatic carbocycles. The van der Waals surface area contributed by atoms with E-state index in [1.807, 2.05) is 60.8 Å². The molecule has 3 heterocycles. The van der Waals surface area contributed by atoms with Gasteiger partial charge < -0.3 is 9.15 Å². The number of nitrogens with zero attached hydrogens (tertiary/aromatic N) is 2. The van der Waals surface area contributed by atoms with Crippen LogP contribution in [0.25, 0.3) is 43.9 Å². The number of hydrogen-bond donors (Lipinski definition) is 0. The minimum Gasteiger partial charge on any atom is -0.493 e. The van der Waals surface area contributed by atoms with E-state index in [1.165, 1.54) is 0 Å². The van der Waals surface area contributed by atoms with Crippen LogP contribution in [0.15, 0.2) is 64.4 Å². The Bertz CT molecular complexity index is 1360. The number of hydrogen-bond acceptors (Lipinski definition) is 7. The fourth-order valence-corrected chi connectivity index (χ4v) is 4.39. The first-order chi connectivity index (χ1) is 15.3. The van der Waals surface area contributed by atoms with Gasteiger partial charge in [-0.15, -0.1) is 11.3 Å². The van der Waals surface area contributed by atoms with Gasteiger partial charge in [0.05, 0.1) is 25.1 Å². The molecule has 0 aliphatic heterocycles. The lowest BCUT2D eigenvalue weighted by molar-refractivity contribution is -0.301. The molecule has 0 unspecified atom stereocenters. The van der Waals surface area contributed by atoms with Crippen LogP contribution in [0.3, 0.4) is 0 Å². The summed E-state index contributed by atoms with van der Waals surface area (Å²) in [5.74, 6) is 0.704. The molecule has 0 N–H and O–H groups in total. The molecule has 0 fully saturated rings. The second-order valence-electron chi connectivity index (χ2n) is 6.84. The highest BCUT2D eigenvalue weighted by Gasteiger charge is 2.18. The summed E-state index contributed by atoms with van der Waals surface area (Å²) in [7, 11) is 1.65. The number of para-hydroxylation sites is 1. The van der Waals surface area contributed by atoms with Crippen molar-refractivity contribution in [2.75, 3.05) is 13.7 Å². The van der Waals surface area contributed by atoms with Gasteiger partial charge in [-0.1, -0.05) is 24.3 Å². The Morgan fingerprint density at radius 1 is 0.935 bits per heavy atom. The van der Waals surface area contributed by atoms with E-state index < -0.39 is 0 Å². The number of methoxy groups -OCH3 is 1. The maximum Gasteiger partial charge on any atom is 0.177 e. The van der Waals surface area contributed by atoms with Gasteiger partial charge in [0.25, 0.3) is 0 Å². The van der Waals surface area contributed by atoms with Gasteiger partial charge in [-0.3, -0.25) is 0 Å². The van der Waals surface area contributed by atoms with Crippen molar-refractivity contribution in [3.63, 3.8) is 0 Å². The Kier molecular flexibility index (Phi) is 5.38. The Morgan fingerprint density at radius 2 is 1.84 bits per heavy atom. The molecule has 7 heteroatoms. The Hall–Kier alpha value is -3.26. The first-order valence-corrected chi connectivity index (χ1v) is 10.8. The molecule has 5 aromatic rings. The van der Waals surface area contributed by atoms with Crippen LogP contribution in [0.4, 0.5) is 0 Å². The largest absolute Gasteiger partial charge is 0.493 e. The third-order valence-corrected chi connectivity index (χ3v) is 5.80. The van der Waals surface area contributed by atoms with Crippen molar-refractivity contribution in [3.8, 4) is 27.7 Å². The van der Waals surface area contributed by atoms with Crippen molar-refractivity contribution in [2.24, 2.45) is 0 Å². The molecule has 0 spiro atoms. The number of ether oxygens (including phenoxy) is 1. The Labute approximate surface area is 183 Å². The van der Waals surface area contributed by atoms with Crippen LogP contribution in [-0.2, 0) is 16.4 Å². The van der Waals surface area contributed by atoms with E-state index >= 15 is 0 Å². The first-order valence-electron chi connectivity index (χ1n) is 9.93. The average Bonchev–Trinajstić information content (AvgIpc) is 3.44. The van der Waals surface area contributed by atoms with E-state index in [-0.39, 0.29) is 0 Å². The fourth-order valence-electron chi connectivity index (χ4n) is 3.55. The van der Waals surface area contributed by atoms with Gasteiger partial charge >= 0.3 is 0 Å². The summed E-state index contributed by atoms with van der Waals surface area (Å²) in [4.78, 5) is 19.6. The molecule has 31 heavy (non-hydrogen) atoms. The van der Waals surface area contributed by atoms with Crippen LogP contribution < -0.4 is 4.74 Å². The predicted octanol–water partition coefficient (Wildman–Crippen LogP) is 6.25. The van der Waals surface area contributed by atoms with E-state index in [0.29, 0.717) is 19.0 Å². The van der Waals surface area contributed by atoms with Gasteiger partial charge in [-0.2, -0.15) is 0 Å². The van der Waals surface area contributed by atoms with Gasteiger partial charge in [0, 0.05) is 21.7 Å². The van der Waals surface area contributed by atoms with E-state index in [1.54, 1.807) is 18.4 Å². The normalized spacial score (nSPS) is 11.4. The van der Waals surface area contributed by atoms with Crippen molar-refractivity contribution in [1.29, 1.82) is 0 Å². The topological polar surface area (TPSA) is 66.6 Å². The summed E-state index contributed by atoms with van der Waals surface area (Å²) < 4.78 is 11.6. The zero-order valence-electron chi connectivity index (χ0n) is 17.1. The smallest absolute Gasteiger partial charge is 0.177 e. The fraction of sp³-hybridized carbons (Fsp3) is 0.167. The third kappa shape index (κ3) is 3.67. The summed E-state index contributed by atoms with van der Waals surface area (Å²) in [6, 6.07) is 17.7. The lowest BCUT2D eigenvalue weighted by Gasteiger charge is -2.05. The Balaban J connectivity index is 1.57. The number of pyridine rings is 1. The maximum absolute atomic E-state index is 6.10. The Morgan fingerprint density at radius 3 is 2.71 bits per heavy atom. The minimum atomic E-state index is 0.290. The van der Waals surface area contributed by atoms with Crippen molar-refractivity contribution >= 4 is 33.3 Å². The van der Waals surface area contributed by atoms with E-state index in [2.05, 4.69) is 11.1 Å². The molecule has 0 aliphatic rings. The highest BCUT2D eigenvalue weighted by Crippen LogP contribution is 2.42. The molecule has 156 valence electrons. The summed E-state index contributed by atoms with van der Waals surface area (Å²) in [5.41, 5.74) is 4.95. The summed E-state index contributed by atoms with van der Waals surface area (Å²) in [6.07, 6.45) is 0. The zero-order chi connectivity index (χ0) is 21.2. The van der Waals surface area contributed by atoms with Crippen molar-refractivity contribution in [2.45, 2.75) is 13.5 Å². The van der Waals surface area contributed by atoms with Gasteiger partial charge in [-0.05, 0) is 37.3 Å². The van der Waals surface area contributed by atoms with E-state index in [0.717, 1.165) is 49.6 Å². The van der Waals surface area contributed by atoms with E-state index in [9.17, 15) is 0 Å². The van der Waals surface area contributed by atoms with Crippen LogP contribution in [-0.4, -0.2) is 23.7 Å². The van der Waals surface area contributed by atoms with Gasteiger partial charge in [-0.25, -0.2) is 19.7 Å². The molecule has 6 nitrogen and oxygen atoms in total. The highest BCUT2D eigenvalue weighted by atomic mass is 32.1. The molecule has 0 amide bonds. The number of aromatic nitrogens is 2. The zero-order valence-corrected chi connectivity index (χ0v) is 17.9. The molecular formula is C24H20N2O4S. The van der Waals surface area contributed by atoms with Crippen LogP contribution in [0, 0.1) is 0 Å². The SMILES string of the molecule is CCOOCc1cccc(-c2csc(-c3ccc(OC)c4oc5ccccc5c34)n2)n1. The molecule has 0 atom stereocenters. The van der Waals surface area contributed by atoms with Gasteiger partial charge in [0.1, 0.15) is 22.9 Å². The standard InChI is InChI=1S/C24H20N2O4S/c1-3-28-29-13-15-7-6-9-18(25-15)19-14-31-24(26-19)17-11-12-21(27-2)23-22(17)16-8-4-5-10-20(16)30-23/h4-12,14H,3,13H2,1-2H3. The molecular weight excluding hydrogens is 412 g/mol. The predicted molar refractivity (Wildman–Crippen MR) is 121 cm³/mol. The van der Waals surface area contributed by atoms with Crippen LogP contribution in [0.5, 0.6) is 5.75 Å².